The van der Waals surface area contributed by atoms with Crippen molar-refractivity contribution < 1.29 is 4.74 Å². The van der Waals surface area contributed by atoms with E-state index in [-0.39, 0.29) is 0 Å². The first-order valence-electron chi connectivity index (χ1n) is 11.2. The Hall–Kier alpha value is -3.29. The maximum absolute atomic E-state index is 5.94. The molecule has 0 bridgehead atoms. The molecule has 2 aromatic heterocycles. The van der Waals surface area contributed by atoms with Crippen molar-refractivity contribution in [2.24, 2.45) is 0 Å². The lowest BCUT2D eigenvalue weighted by molar-refractivity contribution is 0.184. The van der Waals surface area contributed by atoms with E-state index in [0.717, 1.165) is 23.7 Å². The van der Waals surface area contributed by atoms with Crippen LogP contribution in [-0.2, 0) is 19.8 Å². The first-order valence-corrected chi connectivity index (χ1v) is 11.6. The van der Waals surface area contributed by atoms with Crippen LogP contribution in [-0.4, -0.2) is 37.4 Å². The zero-order valence-electron chi connectivity index (χ0n) is 18.7. The van der Waals surface area contributed by atoms with Gasteiger partial charge in [0.25, 0.3) is 0 Å². The minimum absolute atomic E-state index is 0.540. The highest BCUT2D eigenvalue weighted by Gasteiger charge is 2.30. The molecule has 168 valence electrons. The highest BCUT2D eigenvalue weighted by Crippen LogP contribution is 2.31. The lowest BCUT2D eigenvalue weighted by atomic mass is 10.2. The summed E-state index contributed by atoms with van der Waals surface area (Å²) in [5.74, 6) is 1.75. The Morgan fingerprint density at radius 3 is 2.55 bits per heavy atom. The Bertz CT molecular complexity index is 1260. The van der Waals surface area contributed by atoms with E-state index < -0.39 is 0 Å². The highest BCUT2D eigenvalue weighted by atomic mass is 32.1. The molecule has 6 nitrogen and oxygen atoms in total. The summed E-state index contributed by atoms with van der Waals surface area (Å²) < 4.78 is 10.4. The van der Waals surface area contributed by atoms with E-state index in [1.807, 2.05) is 41.2 Å². The van der Waals surface area contributed by atoms with Crippen molar-refractivity contribution in [3.63, 3.8) is 0 Å². The van der Waals surface area contributed by atoms with Gasteiger partial charge in [-0.1, -0.05) is 48.5 Å². The molecule has 1 aliphatic rings. The maximum atomic E-state index is 5.94. The molecule has 0 aliphatic heterocycles. The van der Waals surface area contributed by atoms with Crippen molar-refractivity contribution in [2.75, 3.05) is 7.11 Å². The number of rotatable bonds is 9. The van der Waals surface area contributed by atoms with Crippen LogP contribution in [0.15, 0.2) is 79.1 Å². The molecular formula is C26H27N5OS. The van der Waals surface area contributed by atoms with E-state index in [0.29, 0.717) is 24.0 Å². The average Bonchev–Trinajstić information content (AvgIpc) is 3.67. The van der Waals surface area contributed by atoms with Crippen LogP contribution in [0.4, 0.5) is 0 Å². The first kappa shape index (κ1) is 21.6. The molecule has 0 atom stereocenters. The maximum Gasteiger partial charge on any atom is 0.199 e. The van der Waals surface area contributed by atoms with E-state index in [4.69, 9.17) is 22.1 Å². The van der Waals surface area contributed by atoms with E-state index in [1.54, 1.807) is 13.3 Å². The summed E-state index contributed by atoms with van der Waals surface area (Å²) in [4.78, 5) is 6.75. The molecule has 4 aromatic rings. The third kappa shape index (κ3) is 4.89. The summed E-state index contributed by atoms with van der Waals surface area (Å²) >= 11 is 5.94. The van der Waals surface area contributed by atoms with Crippen LogP contribution in [0.2, 0.25) is 0 Å². The topological polar surface area (TPSA) is 48.1 Å². The summed E-state index contributed by atoms with van der Waals surface area (Å²) in [6.45, 7) is 2.10. The predicted molar refractivity (Wildman–Crippen MR) is 131 cm³/mol. The lowest BCUT2D eigenvalue weighted by Gasteiger charge is -2.22. The highest BCUT2D eigenvalue weighted by molar-refractivity contribution is 7.71. The summed E-state index contributed by atoms with van der Waals surface area (Å²) in [5.41, 5.74) is 3.32. The zero-order valence-corrected chi connectivity index (χ0v) is 19.5. The van der Waals surface area contributed by atoms with E-state index in [2.05, 4.69) is 50.8 Å². The number of hydrogen-bond donors (Lipinski definition) is 0. The smallest absolute Gasteiger partial charge is 0.199 e. The molecule has 1 aliphatic carbocycles. The van der Waals surface area contributed by atoms with Gasteiger partial charge in [-0.25, -0.2) is 4.68 Å². The number of nitrogens with zero attached hydrogens (tertiary/aromatic N) is 5. The molecule has 5 rings (SSSR count). The van der Waals surface area contributed by atoms with E-state index in [9.17, 15) is 0 Å². The van der Waals surface area contributed by atoms with Gasteiger partial charge in [-0.3, -0.25) is 14.5 Å². The van der Waals surface area contributed by atoms with Crippen molar-refractivity contribution in [3.05, 3.63) is 95.0 Å². The number of aromatic nitrogens is 4. The molecule has 7 heteroatoms. The van der Waals surface area contributed by atoms with Crippen LogP contribution in [0.25, 0.3) is 11.4 Å². The van der Waals surface area contributed by atoms with E-state index >= 15 is 0 Å². The third-order valence-corrected chi connectivity index (χ3v) is 6.40. The monoisotopic (exact) mass is 457 g/mol. The van der Waals surface area contributed by atoms with Crippen molar-refractivity contribution in [2.45, 2.75) is 38.6 Å². The van der Waals surface area contributed by atoms with Gasteiger partial charge in [0.2, 0.25) is 0 Å². The molecular weight excluding hydrogens is 430 g/mol. The average molecular weight is 458 g/mol. The quantitative estimate of drug-likeness (QED) is 0.325. The van der Waals surface area contributed by atoms with Gasteiger partial charge in [0.05, 0.1) is 20.3 Å². The van der Waals surface area contributed by atoms with Gasteiger partial charge in [0.1, 0.15) is 5.75 Å². The molecule has 0 saturated heterocycles. The van der Waals surface area contributed by atoms with Crippen molar-refractivity contribution >= 4 is 12.2 Å². The van der Waals surface area contributed by atoms with Crippen LogP contribution >= 0.6 is 12.2 Å². The van der Waals surface area contributed by atoms with Gasteiger partial charge in [-0.05, 0) is 48.8 Å². The predicted octanol–water partition coefficient (Wildman–Crippen LogP) is 5.16. The molecule has 1 saturated carbocycles. The van der Waals surface area contributed by atoms with Crippen molar-refractivity contribution in [1.29, 1.82) is 0 Å². The number of ether oxygens (including phenoxy) is 1. The van der Waals surface area contributed by atoms with Crippen LogP contribution in [0, 0.1) is 4.77 Å². The Morgan fingerprint density at radius 2 is 1.82 bits per heavy atom. The first-order chi connectivity index (χ1) is 16.2. The van der Waals surface area contributed by atoms with Crippen molar-refractivity contribution in [3.8, 4) is 17.1 Å². The number of methoxy groups -OCH3 is 1. The summed E-state index contributed by atoms with van der Waals surface area (Å²) in [6.07, 6.45) is 6.01. The number of benzene rings is 2. The van der Waals surface area contributed by atoms with Crippen LogP contribution in [0.5, 0.6) is 5.75 Å². The van der Waals surface area contributed by atoms with Gasteiger partial charge in [-0.2, -0.15) is 5.10 Å². The van der Waals surface area contributed by atoms with Crippen molar-refractivity contribution in [1.82, 2.24) is 24.2 Å². The minimum atomic E-state index is 0.540. The fourth-order valence-corrected chi connectivity index (χ4v) is 4.36. The van der Waals surface area contributed by atoms with Gasteiger partial charge in [0.15, 0.2) is 10.6 Å². The van der Waals surface area contributed by atoms with E-state index in [1.165, 1.54) is 24.0 Å². The standard InChI is InChI=1S/C26H27N5OS/c1-32-24-12-6-5-10-22(24)18-29(23-13-14-23)19-31-26(33)30(17-20-8-3-2-4-9-20)25(28-31)21-11-7-15-27-16-21/h2-12,15-16,23H,13-14,17-19H2,1H3. The molecule has 2 heterocycles. The molecule has 0 amide bonds. The largest absolute Gasteiger partial charge is 0.496 e. The van der Waals surface area contributed by atoms with Gasteiger partial charge in [-0.15, -0.1) is 0 Å². The Balaban J connectivity index is 1.49. The number of para-hydroxylation sites is 1. The summed E-state index contributed by atoms with van der Waals surface area (Å²) in [6, 6.07) is 23.1. The second-order valence-electron chi connectivity index (χ2n) is 8.35. The number of pyridine rings is 1. The second kappa shape index (κ2) is 9.68. The SMILES string of the molecule is COc1ccccc1CN(Cn1nc(-c2cccnc2)n(Cc2ccccc2)c1=S)C1CC1. The Labute approximate surface area is 199 Å². The normalized spacial score (nSPS) is 13.4. The Morgan fingerprint density at radius 1 is 1.03 bits per heavy atom. The van der Waals surface area contributed by atoms with Gasteiger partial charge >= 0.3 is 0 Å². The van der Waals surface area contributed by atoms with Crippen LogP contribution in [0.1, 0.15) is 24.0 Å². The van der Waals surface area contributed by atoms with Crippen LogP contribution in [0.3, 0.4) is 0 Å². The zero-order chi connectivity index (χ0) is 22.6. The summed E-state index contributed by atoms with van der Waals surface area (Å²) in [5, 5.41) is 4.97. The fourth-order valence-electron chi connectivity index (χ4n) is 4.11. The van der Waals surface area contributed by atoms with Gasteiger partial charge < -0.3 is 4.74 Å². The molecule has 2 aromatic carbocycles. The third-order valence-electron chi connectivity index (χ3n) is 5.97. The molecule has 0 spiro atoms. The molecule has 0 N–H and O–H groups in total. The van der Waals surface area contributed by atoms with Gasteiger partial charge in [0, 0.05) is 36.1 Å². The summed E-state index contributed by atoms with van der Waals surface area (Å²) in [7, 11) is 1.72. The second-order valence-corrected chi connectivity index (χ2v) is 8.72. The molecule has 0 radical (unpaired) electrons. The minimum Gasteiger partial charge on any atom is -0.496 e. The lowest BCUT2D eigenvalue weighted by Crippen LogP contribution is -2.29. The molecule has 33 heavy (non-hydrogen) atoms. The fraction of sp³-hybridized carbons (Fsp3) is 0.269. The van der Waals surface area contributed by atoms with Crippen LogP contribution < -0.4 is 4.74 Å². The Kier molecular flexibility index (Phi) is 6.32. The number of hydrogen-bond acceptors (Lipinski definition) is 5. The molecule has 0 unspecified atom stereocenters. The molecule has 1 fully saturated rings.